The van der Waals surface area contributed by atoms with Crippen molar-refractivity contribution in [3.8, 4) is 5.69 Å². The Labute approximate surface area is 171 Å². The van der Waals surface area contributed by atoms with Gasteiger partial charge in [-0.1, -0.05) is 53.7 Å². The Morgan fingerprint density at radius 1 is 0.931 bits per heavy atom. The van der Waals surface area contributed by atoms with Crippen LogP contribution in [0, 0.1) is 11.8 Å². The molecule has 0 bridgehead atoms. The number of benzene rings is 1. The van der Waals surface area contributed by atoms with Crippen molar-refractivity contribution in [1.29, 1.82) is 0 Å². The van der Waals surface area contributed by atoms with Gasteiger partial charge in [0.25, 0.3) is 5.56 Å². The molecule has 29 heavy (non-hydrogen) atoms. The molecule has 156 valence electrons. The summed E-state index contributed by atoms with van der Waals surface area (Å²) in [7, 11) is 0. The standard InChI is InChI=1S/C23H32N4O2/c1-15(2)11-12-26-22(28)20-21(24-14-25(20)13-16(3)4)27(23(26)29)19-9-7-18(8-10-19)17(5)6/h7-10,14-17H,11-13H2,1-6H3. The van der Waals surface area contributed by atoms with E-state index < -0.39 is 0 Å². The second kappa shape index (κ2) is 8.39. The predicted octanol–water partition coefficient (Wildman–Crippen LogP) is 4.17. The summed E-state index contributed by atoms with van der Waals surface area (Å²) in [4.78, 5) is 31.1. The largest absolute Gasteiger partial charge is 0.337 e. The summed E-state index contributed by atoms with van der Waals surface area (Å²) in [6, 6.07) is 7.95. The number of imidazole rings is 1. The monoisotopic (exact) mass is 396 g/mol. The molecule has 6 nitrogen and oxygen atoms in total. The molecule has 1 aromatic carbocycles. The van der Waals surface area contributed by atoms with Crippen molar-refractivity contribution < 1.29 is 0 Å². The van der Waals surface area contributed by atoms with Crippen LogP contribution < -0.4 is 11.2 Å². The van der Waals surface area contributed by atoms with Gasteiger partial charge in [0, 0.05) is 13.1 Å². The zero-order chi connectivity index (χ0) is 21.3. The average molecular weight is 397 g/mol. The van der Waals surface area contributed by atoms with Crippen molar-refractivity contribution in [2.24, 2.45) is 11.8 Å². The van der Waals surface area contributed by atoms with Crippen molar-refractivity contribution in [3.05, 3.63) is 57.0 Å². The minimum atomic E-state index is -0.324. The molecule has 3 rings (SSSR count). The van der Waals surface area contributed by atoms with Crippen LogP contribution in [0.1, 0.15) is 59.4 Å². The first-order valence-corrected chi connectivity index (χ1v) is 10.5. The predicted molar refractivity (Wildman–Crippen MR) is 118 cm³/mol. The molecular weight excluding hydrogens is 364 g/mol. The lowest BCUT2D eigenvalue weighted by molar-refractivity contribution is 0.489. The second-order valence-electron chi connectivity index (χ2n) is 8.97. The smallest absolute Gasteiger partial charge is 0.324 e. The summed E-state index contributed by atoms with van der Waals surface area (Å²) in [6.45, 7) is 13.7. The third kappa shape index (κ3) is 4.21. The molecule has 0 spiro atoms. The average Bonchev–Trinajstić information content (AvgIpc) is 3.04. The van der Waals surface area contributed by atoms with Gasteiger partial charge in [-0.25, -0.2) is 14.3 Å². The van der Waals surface area contributed by atoms with Crippen molar-refractivity contribution in [2.45, 2.75) is 67.0 Å². The van der Waals surface area contributed by atoms with Crippen LogP contribution in [0.2, 0.25) is 0 Å². The first-order chi connectivity index (χ1) is 13.7. The highest BCUT2D eigenvalue weighted by Crippen LogP contribution is 2.19. The Morgan fingerprint density at radius 3 is 2.14 bits per heavy atom. The summed E-state index contributed by atoms with van der Waals surface area (Å²) in [6.07, 6.45) is 2.45. The lowest BCUT2D eigenvalue weighted by atomic mass is 10.0. The van der Waals surface area contributed by atoms with E-state index in [9.17, 15) is 9.59 Å². The molecule has 0 amide bonds. The van der Waals surface area contributed by atoms with Gasteiger partial charge in [-0.05, 0) is 41.9 Å². The maximum Gasteiger partial charge on any atom is 0.337 e. The highest BCUT2D eigenvalue weighted by Gasteiger charge is 2.19. The van der Waals surface area contributed by atoms with Crippen molar-refractivity contribution in [1.82, 2.24) is 18.7 Å². The van der Waals surface area contributed by atoms with Gasteiger partial charge in [0.2, 0.25) is 0 Å². The van der Waals surface area contributed by atoms with E-state index in [0.29, 0.717) is 42.0 Å². The molecule has 0 aliphatic rings. The number of nitrogens with zero attached hydrogens (tertiary/aromatic N) is 4. The van der Waals surface area contributed by atoms with E-state index in [4.69, 9.17) is 0 Å². The van der Waals surface area contributed by atoms with Crippen LogP contribution in [-0.2, 0) is 13.1 Å². The Morgan fingerprint density at radius 2 is 1.59 bits per heavy atom. The Bertz CT molecular complexity index is 1100. The zero-order valence-corrected chi connectivity index (χ0v) is 18.3. The second-order valence-corrected chi connectivity index (χ2v) is 8.97. The Hall–Kier alpha value is -2.63. The summed E-state index contributed by atoms with van der Waals surface area (Å²) >= 11 is 0. The molecule has 0 atom stereocenters. The van der Waals surface area contributed by atoms with Gasteiger partial charge in [-0.2, -0.15) is 0 Å². The molecule has 0 aliphatic heterocycles. The number of rotatable bonds is 7. The Kier molecular flexibility index (Phi) is 6.10. The molecule has 0 saturated carbocycles. The van der Waals surface area contributed by atoms with Gasteiger partial charge < -0.3 is 4.57 Å². The van der Waals surface area contributed by atoms with Crippen LogP contribution in [0.3, 0.4) is 0 Å². The first-order valence-electron chi connectivity index (χ1n) is 10.5. The number of fused-ring (bicyclic) bond motifs is 1. The fraction of sp³-hybridized carbons (Fsp3) is 0.522. The van der Waals surface area contributed by atoms with E-state index in [2.05, 4.69) is 46.5 Å². The van der Waals surface area contributed by atoms with Crippen molar-refractivity contribution in [3.63, 3.8) is 0 Å². The van der Waals surface area contributed by atoms with E-state index >= 15 is 0 Å². The number of hydrogen-bond donors (Lipinski definition) is 0. The SMILES string of the molecule is CC(C)CCn1c(=O)c2c(ncn2CC(C)C)n(-c2ccc(C(C)C)cc2)c1=O. The molecule has 0 radical (unpaired) electrons. The molecule has 2 aromatic heterocycles. The maximum absolute atomic E-state index is 13.3. The summed E-state index contributed by atoms with van der Waals surface area (Å²) in [5.41, 5.74) is 2.29. The molecule has 0 N–H and O–H groups in total. The Balaban J connectivity index is 2.28. The minimum absolute atomic E-state index is 0.251. The third-order valence-electron chi connectivity index (χ3n) is 5.21. The van der Waals surface area contributed by atoms with Gasteiger partial charge in [0.1, 0.15) is 0 Å². The van der Waals surface area contributed by atoms with Gasteiger partial charge in [0.15, 0.2) is 11.2 Å². The fourth-order valence-corrected chi connectivity index (χ4v) is 3.54. The zero-order valence-electron chi connectivity index (χ0n) is 18.3. The van der Waals surface area contributed by atoms with Crippen LogP contribution >= 0.6 is 0 Å². The van der Waals surface area contributed by atoms with Crippen molar-refractivity contribution >= 4 is 11.2 Å². The molecule has 0 saturated heterocycles. The van der Waals surface area contributed by atoms with Crippen LogP contribution in [0.25, 0.3) is 16.9 Å². The summed E-state index contributed by atoms with van der Waals surface area (Å²) in [5.74, 6) is 1.17. The molecule has 0 unspecified atom stereocenters. The van der Waals surface area contributed by atoms with E-state index in [-0.39, 0.29) is 11.2 Å². The van der Waals surface area contributed by atoms with Crippen LogP contribution in [0.4, 0.5) is 0 Å². The van der Waals surface area contributed by atoms with E-state index in [1.165, 1.54) is 10.1 Å². The first kappa shape index (κ1) is 21.1. The molecule has 3 aromatic rings. The quantitative estimate of drug-likeness (QED) is 0.602. The lowest BCUT2D eigenvalue weighted by Crippen LogP contribution is -2.40. The van der Waals surface area contributed by atoms with E-state index in [1.54, 1.807) is 10.9 Å². The highest BCUT2D eigenvalue weighted by atomic mass is 16.2. The van der Waals surface area contributed by atoms with Gasteiger partial charge in [-0.15, -0.1) is 0 Å². The summed E-state index contributed by atoms with van der Waals surface area (Å²) < 4.78 is 4.84. The van der Waals surface area contributed by atoms with Gasteiger partial charge in [0.05, 0.1) is 12.0 Å². The molecule has 2 heterocycles. The highest BCUT2D eigenvalue weighted by molar-refractivity contribution is 5.72. The fourth-order valence-electron chi connectivity index (χ4n) is 3.54. The van der Waals surface area contributed by atoms with Gasteiger partial charge in [-0.3, -0.25) is 9.36 Å². The van der Waals surface area contributed by atoms with Crippen LogP contribution in [0.5, 0.6) is 0 Å². The molecule has 0 aliphatic carbocycles. The topological polar surface area (TPSA) is 61.8 Å². The maximum atomic E-state index is 13.3. The number of aromatic nitrogens is 4. The molecular formula is C23H32N4O2. The minimum Gasteiger partial charge on any atom is -0.324 e. The lowest BCUT2D eigenvalue weighted by Gasteiger charge is -2.15. The van der Waals surface area contributed by atoms with Crippen LogP contribution in [-0.4, -0.2) is 18.7 Å². The van der Waals surface area contributed by atoms with Crippen molar-refractivity contribution in [2.75, 3.05) is 0 Å². The third-order valence-corrected chi connectivity index (χ3v) is 5.21. The summed E-state index contributed by atoms with van der Waals surface area (Å²) in [5, 5.41) is 0. The molecule has 0 fully saturated rings. The normalized spacial score (nSPS) is 12.0. The van der Waals surface area contributed by atoms with Crippen LogP contribution in [0.15, 0.2) is 40.2 Å². The van der Waals surface area contributed by atoms with E-state index in [1.807, 2.05) is 28.8 Å². The van der Waals surface area contributed by atoms with E-state index in [0.717, 1.165) is 12.1 Å². The number of hydrogen-bond acceptors (Lipinski definition) is 3. The van der Waals surface area contributed by atoms with Gasteiger partial charge >= 0.3 is 5.69 Å². The molecule has 6 heteroatoms.